The molecular weight excluding hydrogens is 239 g/mol. The Labute approximate surface area is 104 Å². The third-order valence-electron chi connectivity index (χ3n) is 3.17. The van der Waals surface area contributed by atoms with Crippen LogP contribution in [0.4, 0.5) is 13.2 Å². The van der Waals surface area contributed by atoms with Crippen LogP contribution in [-0.4, -0.2) is 11.2 Å². The predicted octanol–water partition coefficient (Wildman–Crippen LogP) is 3.90. The standard InChI is InChI=1S/C14H14F3N/c1-10(2)11-4-8-18-12(9-11)3-5-13(6-7-13)14(15,16)17/h4,8-10H,6-7H2,1-2H3. The number of halogens is 3. The molecule has 1 aliphatic rings. The van der Waals surface area contributed by atoms with Gasteiger partial charge in [0.15, 0.2) is 0 Å². The van der Waals surface area contributed by atoms with Crippen LogP contribution < -0.4 is 0 Å². The molecule has 1 aromatic heterocycles. The van der Waals surface area contributed by atoms with E-state index in [0.717, 1.165) is 5.56 Å². The van der Waals surface area contributed by atoms with E-state index in [0.29, 0.717) is 11.6 Å². The summed E-state index contributed by atoms with van der Waals surface area (Å²) in [4.78, 5) is 3.99. The van der Waals surface area contributed by atoms with Gasteiger partial charge in [0.1, 0.15) is 11.1 Å². The second kappa shape index (κ2) is 4.31. The van der Waals surface area contributed by atoms with E-state index in [1.165, 1.54) is 0 Å². The maximum atomic E-state index is 12.7. The molecule has 0 spiro atoms. The Morgan fingerprint density at radius 2 is 2.00 bits per heavy atom. The number of hydrogen-bond acceptors (Lipinski definition) is 1. The van der Waals surface area contributed by atoms with Crippen LogP contribution in [0.15, 0.2) is 18.3 Å². The van der Waals surface area contributed by atoms with Gasteiger partial charge in [-0.2, -0.15) is 13.2 Å². The molecule has 0 aliphatic heterocycles. The van der Waals surface area contributed by atoms with Gasteiger partial charge in [-0.1, -0.05) is 19.8 Å². The van der Waals surface area contributed by atoms with Gasteiger partial charge in [-0.05, 0) is 42.4 Å². The first-order valence-electron chi connectivity index (χ1n) is 5.90. The van der Waals surface area contributed by atoms with E-state index >= 15 is 0 Å². The van der Waals surface area contributed by atoms with Crippen molar-refractivity contribution in [3.8, 4) is 11.8 Å². The Morgan fingerprint density at radius 1 is 1.33 bits per heavy atom. The maximum Gasteiger partial charge on any atom is 0.405 e. The molecule has 1 fully saturated rings. The number of pyridine rings is 1. The molecule has 1 saturated carbocycles. The molecule has 1 aliphatic carbocycles. The van der Waals surface area contributed by atoms with Crippen molar-refractivity contribution in [1.29, 1.82) is 0 Å². The van der Waals surface area contributed by atoms with Crippen molar-refractivity contribution in [2.24, 2.45) is 5.41 Å². The summed E-state index contributed by atoms with van der Waals surface area (Å²) in [5.41, 5.74) is -0.328. The van der Waals surface area contributed by atoms with Crippen molar-refractivity contribution in [3.05, 3.63) is 29.6 Å². The lowest BCUT2D eigenvalue weighted by atomic mass is 10.0. The minimum Gasteiger partial charge on any atom is -0.248 e. The Balaban J connectivity index is 2.23. The first kappa shape index (κ1) is 12.9. The van der Waals surface area contributed by atoms with Crippen molar-refractivity contribution >= 4 is 0 Å². The predicted molar refractivity (Wildman–Crippen MR) is 62.9 cm³/mol. The molecule has 96 valence electrons. The van der Waals surface area contributed by atoms with Crippen LogP contribution in [0.25, 0.3) is 0 Å². The number of rotatable bonds is 1. The second-order valence-corrected chi connectivity index (χ2v) is 4.96. The van der Waals surface area contributed by atoms with E-state index in [2.05, 4.69) is 16.8 Å². The van der Waals surface area contributed by atoms with Gasteiger partial charge in [0.05, 0.1) is 0 Å². The molecule has 0 aromatic carbocycles. The average molecular weight is 253 g/mol. The van der Waals surface area contributed by atoms with Crippen LogP contribution >= 0.6 is 0 Å². The summed E-state index contributed by atoms with van der Waals surface area (Å²) < 4.78 is 38.0. The summed E-state index contributed by atoms with van der Waals surface area (Å²) in [6.07, 6.45) is -2.43. The highest BCUT2D eigenvalue weighted by molar-refractivity contribution is 5.36. The Hall–Kier alpha value is -1.50. The molecule has 0 N–H and O–H groups in total. The largest absolute Gasteiger partial charge is 0.405 e. The zero-order valence-electron chi connectivity index (χ0n) is 10.3. The summed E-state index contributed by atoms with van der Waals surface area (Å²) in [6.45, 7) is 4.04. The molecule has 0 bridgehead atoms. The zero-order chi connectivity index (χ0) is 13.4. The van der Waals surface area contributed by atoms with Crippen molar-refractivity contribution < 1.29 is 13.2 Å². The van der Waals surface area contributed by atoms with E-state index < -0.39 is 11.6 Å². The first-order valence-corrected chi connectivity index (χ1v) is 5.90. The van der Waals surface area contributed by atoms with Crippen molar-refractivity contribution in [2.75, 3.05) is 0 Å². The van der Waals surface area contributed by atoms with Crippen LogP contribution in [0.2, 0.25) is 0 Å². The lowest BCUT2D eigenvalue weighted by Gasteiger charge is -2.11. The van der Waals surface area contributed by atoms with Gasteiger partial charge in [-0.25, -0.2) is 4.98 Å². The van der Waals surface area contributed by atoms with E-state index in [-0.39, 0.29) is 12.8 Å². The molecule has 4 heteroatoms. The van der Waals surface area contributed by atoms with E-state index in [9.17, 15) is 13.2 Å². The third kappa shape index (κ3) is 2.50. The topological polar surface area (TPSA) is 12.9 Å². The van der Waals surface area contributed by atoms with E-state index in [1.54, 1.807) is 12.3 Å². The molecule has 1 nitrogen and oxygen atoms in total. The third-order valence-corrected chi connectivity index (χ3v) is 3.17. The highest BCUT2D eigenvalue weighted by atomic mass is 19.4. The Bertz CT molecular complexity index is 502. The van der Waals surface area contributed by atoms with Gasteiger partial charge in [0.25, 0.3) is 0 Å². The van der Waals surface area contributed by atoms with Crippen molar-refractivity contribution in [3.63, 3.8) is 0 Å². The highest BCUT2D eigenvalue weighted by Crippen LogP contribution is 2.57. The molecular formula is C14H14F3N. The lowest BCUT2D eigenvalue weighted by Crippen LogP contribution is -2.22. The van der Waals surface area contributed by atoms with Crippen molar-refractivity contribution in [2.45, 2.75) is 38.8 Å². The molecule has 0 radical (unpaired) electrons. The monoisotopic (exact) mass is 253 g/mol. The molecule has 1 heterocycles. The van der Waals surface area contributed by atoms with Gasteiger partial charge >= 0.3 is 6.18 Å². The minimum absolute atomic E-state index is 0.105. The maximum absolute atomic E-state index is 12.7. The van der Waals surface area contributed by atoms with Crippen LogP contribution in [0.3, 0.4) is 0 Å². The smallest absolute Gasteiger partial charge is 0.248 e. The fourth-order valence-electron chi connectivity index (χ4n) is 1.66. The van der Waals surface area contributed by atoms with Gasteiger partial charge < -0.3 is 0 Å². The van der Waals surface area contributed by atoms with Crippen LogP contribution in [-0.2, 0) is 0 Å². The highest BCUT2D eigenvalue weighted by Gasteiger charge is 2.62. The van der Waals surface area contributed by atoms with E-state index in [4.69, 9.17) is 0 Å². The molecule has 0 amide bonds. The number of aromatic nitrogens is 1. The summed E-state index contributed by atoms with van der Waals surface area (Å²) in [6, 6.07) is 3.61. The van der Waals surface area contributed by atoms with Crippen LogP contribution in [0.5, 0.6) is 0 Å². The fourth-order valence-corrected chi connectivity index (χ4v) is 1.66. The number of alkyl halides is 3. The molecule has 0 atom stereocenters. The van der Waals surface area contributed by atoms with Crippen molar-refractivity contribution in [1.82, 2.24) is 4.98 Å². The average Bonchev–Trinajstić information content (AvgIpc) is 3.07. The molecule has 0 unspecified atom stereocenters. The second-order valence-electron chi connectivity index (χ2n) is 4.96. The molecule has 0 saturated heterocycles. The first-order chi connectivity index (χ1) is 8.34. The quantitative estimate of drug-likeness (QED) is 0.692. The molecule has 1 aromatic rings. The van der Waals surface area contributed by atoms with Gasteiger partial charge in [-0.3, -0.25) is 0 Å². The van der Waals surface area contributed by atoms with Gasteiger partial charge in [0.2, 0.25) is 0 Å². The SMILES string of the molecule is CC(C)c1ccnc(C#CC2(C(F)(F)F)CC2)c1. The Kier molecular flexibility index (Phi) is 3.10. The Morgan fingerprint density at radius 3 is 2.50 bits per heavy atom. The van der Waals surface area contributed by atoms with E-state index in [1.807, 2.05) is 19.9 Å². The number of hydrogen-bond donors (Lipinski definition) is 0. The van der Waals surface area contributed by atoms with Crippen LogP contribution in [0.1, 0.15) is 43.9 Å². The van der Waals surface area contributed by atoms with Gasteiger partial charge in [0, 0.05) is 6.20 Å². The van der Waals surface area contributed by atoms with Crippen LogP contribution in [0, 0.1) is 17.3 Å². The summed E-state index contributed by atoms with van der Waals surface area (Å²) in [5.74, 6) is 5.23. The summed E-state index contributed by atoms with van der Waals surface area (Å²) >= 11 is 0. The lowest BCUT2D eigenvalue weighted by molar-refractivity contribution is -0.168. The fraction of sp³-hybridized carbons (Fsp3) is 0.500. The number of nitrogens with zero attached hydrogens (tertiary/aromatic N) is 1. The summed E-state index contributed by atoms with van der Waals surface area (Å²) in [7, 11) is 0. The molecule has 2 rings (SSSR count). The van der Waals surface area contributed by atoms with Gasteiger partial charge in [-0.15, -0.1) is 0 Å². The summed E-state index contributed by atoms with van der Waals surface area (Å²) in [5, 5.41) is 0. The zero-order valence-corrected chi connectivity index (χ0v) is 10.3. The minimum atomic E-state index is -4.23. The molecule has 18 heavy (non-hydrogen) atoms. The normalized spacial score (nSPS) is 17.2.